The number of fused-ring (bicyclic) bond motifs is 2. The van der Waals surface area contributed by atoms with Crippen LogP contribution in [-0.4, -0.2) is 54.4 Å². The first-order valence-electron chi connectivity index (χ1n) is 14.0. The summed E-state index contributed by atoms with van der Waals surface area (Å²) in [6.45, 7) is 2.61. The number of anilines is 1. The van der Waals surface area contributed by atoms with E-state index in [9.17, 15) is 4.79 Å². The van der Waals surface area contributed by atoms with Gasteiger partial charge in [0.15, 0.2) is 16.5 Å². The zero-order chi connectivity index (χ0) is 29.3. The summed E-state index contributed by atoms with van der Waals surface area (Å²) in [6.07, 6.45) is 5.20. The van der Waals surface area contributed by atoms with Gasteiger partial charge in [-0.1, -0.05) is 12.1 Å². The third-order valence-corrected chi connectivity index (χ3v) is 8.71. The number of thiazole rings is 1. The molecular formula is C32H27N9OS. The van der Waals surface area contributed by atoms with E-state index in [1.165, 1.54) is 16.9 Å². The summed E-state index contributed by atoms with van der Waals surface area (Å²) in [4.78, 5) is 33.3. The summed E-state index contributed by atoms with van der Waals surface area (Å²) in [5.74, 6) is 1.02. The lowest BCUT2D eigenvalue weighted by molar-refractivity contribution is 0.0909. The SMILES string of the molecule is N#Cc1nc2cc(C(=O)NC3CCN(Cc4ccc(-n5c(-c6cccnc6N)nc6cccnc65)cc4)CC3)ccc2s1. The number of rotatable bonds is 6. The molecule has 11 heteroatoms. The van der Waals surface area contributed by atoms with E-state index >= 15 is 0 Å². The Labute approximate surface area is 251 Å². The Morgan fingerprint density at radius 2 is 1.79 bits per heavy atom. The molecule has 2 aromatic carbocycles. The van der Waals surface area contributed by atoms with E-state index in [-0.39, 0.29) is 11.9 Å². The molecule has 7 rings (SSSR count). The van der Waals surface area contributed by atoms with Gasteiger partial charge >= 0.3 is 0 Å². The molecule has 1 fully saturated rings. The zero-order valence-corrected chi connectivity index (χ0v) is 24.0. The van der Waals surface area contributed by atoms with Gasteiger partial charge in [0.25, 0.3) is 5.91 Å². The van der Waals surface area contributed by atoms with Crippen molar-refractivity contribution in [3.05, 3.63) is 95.3 Å². The summed E-state index contributed by atoms with van der Waals surface area (Å²) in [6, 6.07) is 23.7. The molecule has 1 aliphatic rings. The standard InChI is InChI=1S/C32H27N9OS/c33-18-28-38-26-17-21(7-10-27(26)43-28)32(42)37-22-11-15-40(16-12-22)19-20-5-8-23(9-6-20)41-30(24-3-1-13-35-29(24)34)39-25-4-2-14-36-31(25)41/h1-10,13-14,17,22H,11-12,15-16,19H2,(H2,34,35)(H,37,42). The van der Waals surface area contributed by atoms with Crippen molar-refractivity contribution in [1.29, 1.82) is 5.26 Å². The number of carbonyl (C=O) groups is 1. The molecule has 212 valence electrons. The Bertz CT molecular complexity index is 2000. The van der Waals surface area contributed by atoms with Gasteiger partial charge in [0, 0.05) is 49.3 Å². The van der Waals surface area contributed by atoms with Gasteiger partial charge in [0.2, 0.25) is 0 Å². The number of imidazole rings is 1. The molecule has 43 heavy (non-hydrogen) atoms. The van der Waals surface area contributed by atoms with E-state index in [1.54, 1.807) is 24.5 Å². The van der Waals surface area contributed by atoms with Crippen molar-refractivity contribution in [2.24, 2.45) is 0 Å². The minimum absolute atomic E-state index is 0.101. The van der Waals surface area contributed by atoms with Gasteiger partial charge in [-0.25, -0.2) is 19.9 Å². The van der Waals surface area contributed by atoms with E-state index in [0.29, 0.717) is 27.7 Å². The maximum Gasteiger partial charge on any atom is 0.251 e. The first-order valence-corrected chi connectivity index (χ1v) is 14.8. The van der Waals surface area contributed by atoms with Crippen LogP contribution in [-0.2, 0) is 6.54 Å². The molecular weight excluding hydrogens is 558 g/mol. The minimum Gasteiger partial charge on any atom is -0.383 e. The summed E-state index contributed by atoms with van der Waals surface area (Å²) in [7, 11) is 0. The van der Waals surface area contributed by atoms with E-state index < -0.39 is 0 Å². The van der Waals surface area contributed by atoms with Gasteiger partial charge in [0.05, 0.1) is 15.8 Å². The highest BCUT2D eigenvalue weighted by Crippen LogP contribution is 2.30. The second-order valence-electron chi connectivity index (χ2n) is 10.6. The molecule has 0 atom stereocenters. The van der Waals surface area contributed by atoms with E-state index in [2.05, 4.69) is 55.5 Å². The molecule has 0 unspecified atom stereocenters. The van der Waals surface area contributed by atoms with Gasteiger partial charge in [-0.2, -0.15) is 5.26 Å². The summed E-state index contributed by atoms with van der Waals surface area (Å²) in [5, 5.41) is 12.7. The van der Waals surface area contributed by atoms with E-state index in [1.807, 2.05) is 34.9 Å². The van der Waals surface area contributed by atoms with Crippen molar-refractivity contribution in [3.63, 3.8) is 0 Å². The number of benzene rings is 2. The largest absolute Gasteiger partial charge is 0.383 e. The molecule has 6 aromatic rings. The monoisotopic (exact) mass is 585 g/mol. The van der Waals surface area contributed by atoms with Gasteiger partial charge in [0.1, 0.15) is 17.4 Å². The van der Waals surface area contributed by atoms with Crippen molar-refractivity contribution < 1.29 is 4.79 Å². The third kappa shape index (κ3) is 5.30. The quantitative estimate of drug-likeness (QED) is 0.280. The van der Waals surface area contributed by atoms with Crippen molar-refractivity contribution in [2.45, 2.75) is 25.4 Å². The number of nitrogen functional groups attached to an aromatic ring is 1. The molecule has 0 spiro atoms. The van der Waals surface area contributed by atoms with Crippen LogP contribution in [0.2, 0.25) is 0 Å². The number of nitriles is 1. The van der Waals surface area contributed by atoms with Crippen LogP contribution in [0, 0.1) is 11.3 Å². The number of aromatic nitrogens is 5. The number of piperidine rings is 1. The van der Waals surface area contributed by atoms with E-state index in [0.717, 1.165) is 59.6 Å². The Balaban J connectivity index is 1.01. The van der Waals surface area contributed by atoms with Gasteiger partial charge < -0.3 is 11.1 Å². The predicted molar refractivity (Wildman–Crippen MR) is 167 cm³/mol. The maximum absolute atomic E-state index is 12.9. The van der Waals surface area contributed by atoms with Gasteiger partial charge in [-0.3, -0.25) is 14.3 Å². The number of nitrogens with two attached hydrogens (primary N) is 1. The number of likely N-dealkylation sites (tertiary alicyclic amines) is 1. The van der Waals surface area contributed by atoms with Crippen molar-refractivity contribution in [2.75, 3.05) is 18.8 Å². The zero-order valence-electron chi connectivity index (χ0n) is 23.1. The third-order valence-electron chi connectivity index (χ3n) is 7.76. The fraction of sp³-hybridized carbons (Fsp3) is 0.188. The molecule has 1 amide bonds. The second-order valence-corrected chi connectivity index (χ2v) is 11.6. The smallest absolute Gasteiger partial charge is 0.251 e. The number of hydrogen-bond donors (Lipinski definition) is 2. The van der Waals surface area contributed by atoms with Gasteiger partial charge in [-0.05, 0) is 73.0 Å². The highest BCUT2D eigenvalue weighted by Gasteiger charge is 2.22. The molecule has 4 aromatic heterocycles. The Morgan fingerprint density at radius 3 is 2.58 bits per heavy atom. The first kappa shape index (κ1) is 26.7. The lowest BCUT2D eigenvalue weighted by atomic mass is 10.0. The Kier molecular flexibility index (Phi) is 6.98. The highest BCUT2D eigenvalue weighted by atomic mass is 32.1. The number of pyridine rings is 2. The molecule has 0 aliphatic carbocycles. The molecule has 1 aliphatic heterocycles. The van der Waals surface area contributed by atoms with Crippen LogP contribution in [0.15, 0.2) is 79.1 Å². The molecule has 0 radical (unpaired) electrons. The molecule has 0 bridgehead atoms. The molecule has 10 nitrogen and oxygen atoms in total. The number of nitrogens with zero attached hydrogens (tertiary/aromatic N) is 7. The average molecular weight is 586 g/mol. The number of carbonyl (C=O) groups excluding carboxylic acids is 1. The number of hydrogen-bond acceptors (Lipinski definition) is 9. The predicted octanol–water partition coefficient (Wildman–Crippen LogP) is 4.94. The molecule has 3 N–H and O–H groups in total. The summed E-state index contributed by atoms with van der Waals surface area (Å²) in [5.41, 5.74) is 11.9. The van der Waals surface area contributed by atoms with Crippen LogP contribution in [0.5, 0.6) is 0 Å². The number of nitrogens with one attached hydrogen (secondary N) is 1. The van der Waals surface area contributed by atoms with Gasteiger partial charge in [-0.15, -0.1) is 11.3 Å². The van der Waals surface area contributed by atoms with Crippen LogP contribution in [0.3, 0.4) is 0 Å². The number of amides is 1. The lowest BCUT2D eigenvalue weighted by Crippen LogP contribution is -2.44. The minimum atomic E-state index is -0.101. The highest BCUT2D eigenvalue weighted by molar-refractivity contribution is 7.19. The van der Waals surface area contributed by atoms with Crippen LogP contribution in [0.4, 0.5) is 5.82 Å². The molecule has 1 saturated heterocycles. The summed E-state index contributed by atoms with van der Waals surface area (Å²) >= 11 is 1.33. The second kappa shape index (κ2) is 11.2. The van der Waals surface area contributed by atoms with Crippen molar-refractivity contribution in [1.82, 2.24) is 34.7 Å². The Hall–Kier alpha value is -5.18. The Morgan fingerprint density at radius 1 is 1.00 bits per heavy atom. The molecule has 0 saturated carbocycles. The van der Waals surface area contributed by atoms with Crippen LogP contribution in [0.25, 0.3) is 38.5 Å². The lowest BCUT2D eigenvalue weighted by Gasteiger charge is -2.32. The van der Waals surface area contributed by atoms with Crippen LogP contribution in [0.1, 0.15) is 33.8 Å². The fourth-order valence-corrected chi connectivity index (χ4v) is 6.32. The van der Waals surface area contributed by atoms with E-state index in [4.69, 9.17) is 16.0 Å². The average Bonchev–Trinajstić information content (AvgIpc) is 3.64. The van der Waals surface area contributed by atoms with Crippen molar-refractivity contribution in [3.8, 4) is 23.1 Å². The summed E-state index contributed by atoms with van der Waals surface area (Å²) < 4.78 is 2.93. The van der Waals surface area contributed by atoms with Crippen LogP contribution < -0.4 is 11.1 Å². The molecule has 5 heterocycles. The normalized spacial score (nSPS) is 14.2. The first-order chi connectivity index (χ1) is 21.1. The topological polar surface area (TPSA) is 139 Å². The fourth-order valence-electron chi connectivity index (χ4n) is 5.57. The van der Waals surface area contributed by atoms with Crippen molar-refractivity contribution >= 4 is 44.4 Å². The maximum atomic E-state index is 12.9. The van der Waals surface area contributed by atoms with Crippen LogP contribution >= 0.6 is 11.3 Å².